The summed E-state index contributed by atoms with van der Waals surface area (Å²) in [6, 6.07) is 9.30. The normalized spacial score (nSPS) is 20.3. The van der Waals surface area contributed by atoms with Crippen LogP contribution in [0.2, 0.25) is 0 Å². The van der Waals surface area contributed by atoms with Crippen LogP contribution in [0.4, 0.5) is 4.79 Å². The van der Waals surface area contributed by atoms with Gasteiger partial charge in [0.25, 0.3) is 5.91 Å². The summed E-state index contributed by atoms with van der Waals surface area (Å²) in [5.74, 6) is 0.283. The summed E-state index contributed by atoms with van der Waals surface area (Å²) in [5, 5.41) is 5.38. The third-order valence-corrected chi connectivity index (χ3v) is 4.59. The molecule has 4 amide bonds. The molecule has 0 saturated carbocycles. The zero-order valence-corrected chi connectivity index (χ0v) is 15.3. The lowest BCUT2D eigenvalue weighted by Gasteiger charge is -2.22. The van der Waals surface area contributed by atoms with Gasteiger partial charge in [0.15, 0.2) is 0 Å². The topological polar surface area (TPSA) is 101 Å². The Morgan fingerprint density at radius 2 is 2.00 bits per heavy atom. The zero-order valence-electron chi connectivity index (χ0n) is 15.3. The van der Waals surface area contributed by atoms with E-state index in [1.54, 1.807) is 57.4 Å². The van der Waals surface area contributed by atoms with Crippen LogP contribution in [-0.4, -0.2) is 36.4 Å². The maximum absolute atomic E-state index is 12.9. The van der Waals surface area contributed by atoms with Gasteiger partial charge in [0, 0.05) is 0 Å². The fraction of sp³-hybridized carbons (Fsp3) is 0.316. The van der Waals surface area contributed by atoms with E-state index in [1.807, 2.05) is 0 Å². The summed E-state index contributed by atoms with van der Waals surface area (Å²) in [4.78, 5) is 38.4. The van der Waals surface area contributed by atoms with Crippen molar-refractivity contribution in [2.24, 2.45) is 0 Å². The molecular formula is C19H21N3O5. The van der Waals surface area contributed by atoms with Gasteiger partial charge in [0.2, 0.25) is 5.91 Å². The second-order valence-corrected chi connectivity index (χ2v) is 6.48. The molecule has 8 heteroatoms. The number of benzene rings is 1. The average Bonchev–Trinajstić information content (AvgIpc) is 3.26. The standard InChI is InChI=1S/C19H21N3O5/c1-12(15-5-4-10-27-15)20-16(23)11-22-17(24)19(2,21-18(22)25)13-6-8-14(26-3)9-7-13/h4-10,12H,11H2,1-3H3,(H,20,23)(H,21,25)/t12-,19+/m1/s1. The van der Waals surface area contributed by atoms with Gasteiger partial charge in [-0.1, -0.05) is 12.1 Å². The number of amides is 4. The van der Waals surface area contributed by atoms with Gasteiger partial charge in [0.1, 0.15) is 23.6 Å². The summed E-state index contributed by atoms with van der Waals surface area (Å²) in [6.45, 7) is 2.99. The molecule has 1 fully saturated rings. The second kappa shape index (κ2) is 7.14. The summed E-state index contributed by atoms with van der Waals surface area (Å²) in [5.41, 5.74) is -0.635. The largest absolute Gasteiger partial charge is 0.497 e. The first-order chi connectivity index (χ1) is 12.8. The Balaban J connectivity index is 1.70. The molecule has 1 aliphatic heterocycles. The number of carbonyl (C=O) groups is 3. The number of imide groups is 1. The van der Waals surface area contributed by atoms with Crippen LogP contribution in [0.3, 0.4) is 0 Å². The average molecular weight is 371 g/mol. The summed E-state index contributed by atoms with van der Waals surface area (Å²) in [6.07, 6.45) is 1.51. The van der Waals surface area contributed by atoms with E-state index >= 15 is 0 Å². The van der Waals surface area contributed by atoms with Gasteiger partial charge in [-0.15, -0.1) is 0 Å². The number of ether oxygens (including phenoxy) is 1. The lowest BCUT2D eigenvalue weighted by molar-refractivity contribution is -0.135. The van der Waals surface area contributed by atoms with Crippen LogP contribution in [0.1, 0.15) is 31.2 Å². The first kappa shape index (κ1) is 18.5. The van der Waals surface area contributed by atoms with Crippen molar-refractivity contribution in [2.75, 3.05) is 13.7 Å². The van der Waals surface area contributed by atoms with Gasteiger partial charge in [0.05, 0.1) is 19.4 Å². The second-order valence-electron chi connectivity index (χ2n) is 6.48. The molecule has 0 spiro atoms. The number of nitrogens with one attached hydrogen (secondary N) is 2. The first-order valence-electron chi connectivity index (χ1n) is 8.46. The molecule has 0 unspecified atom stereocenters. The van der Waals surface area contributed by atoms with Crippen molar-refractivity contribution in [3.05, 3.63) is 54.0 Å². The molecule has 1 saturated heterocycles. The fourth-order valence-electron chi connectivity index (χ4n) is 3.00. The number of hydrogen-bond donors (Lipinski definition) is 2. The van der Waals surface area contributed by atoms with Crippen molar-refractivity contribution in [3.8, 4) is 5.75 Å². The Kier molecular flexibility index (Phi) is 4.89. The fourth-order valence-corrected chi connectivity index (χ4v) is 3.00. The van der Waals surface area contributed by atoms with Gasteiger partial charge in [-0.3, -0.25) is 14.5 Å². The highest BCUT2D eigenvalue weighted by atomic mass is 16.5. The number of methoxy groups -OCH3 is 1. The Labute approximate surface area is 156 Å². The Hall–Kier alpha value is -3.29. The number of carbonyl (C=O) groups excluding carboxylic acids is 3. The molecule has 0 radical (unpaired) electrons. The third kappa shape index (κ3) is 3.51. The van der Waals surface area contributed by atoms with Crippen LogP contribution in [0.25, 0.3) is 0 Å². The van der Waals surface area contributed by atoms with E-state index in [9.17, 15) is 14.4 Å². The number of rotatable bonds is 6. The van der Waals surface area contributed by atoms with Crippen LogP contribution in [0.15, 0.2) is 47.1 Å². The van der Waals surface area contributed by atoms with Crippen molar-refractivity contribution in [1.29, 1.82) is 0 Å². The minimum absolute atomic E-state index is 0.374. The molecule has 8 nitrogen and oxygen atoms in total. The van der Waals surface area contributed by atoms with Crippen LogP contribution < -0.4 is 15.4 Å². The highest BCUT2D eigenvalue weighted by Gasteiger charge is 2.49. The molecule has 2 N–H and O–H groups in total. The Bertz CT molecular complexity index is 847. The molecule has 2 heterocycles. The summed E-state index contributed by atoms with van der Waals surface area (Å²) in [7, 11) is 1.54. The first-order valence-corrected chi connectivity index (χ1v) is 8.46. The number of hydrogen-bond acceptors (Lipinski definition) is 5. The highest BCUT2D eigenvalue weighted by Crippen LogP contribution is 2.30. The number of furan rings is 1. The lowest BCUT2D eigenvalue weighted by atomic mass is 9.92. The zero-order chi connectivity index (χ0) is 19.6. The van der Waals surface area contributed by atoms with Crippen LogP contribution in [0.5, 0.6) is 5.75 Å². The maximum atomic E-state index is 12.9. The molecular weight excluding hydrogens is 350 g/mol. The van der Waals surface area contributed by atoms with E-state index in [2.05, 4.69) is 10.6 Å². The minimum atomic E-state index is -1.24. The van der Waals surface area contributed by atoms with Crippen molar-refractivity contribution in [3.63, 3.8) is 0 Å². The molecule has 27 heavy (non-hydrogen) atoms. The minimum Gasteiger partial charge on any atom is -0.497 e. The van der Waals surface area contributed by atoms with E-state index in [4.69, 9.17) is 9.15 Å². The molecule has 1 aromatic carbocycles. The van der Waals surface area contributed by atoms with Crippen molar-refractivity contribution < 1.29 is 23.5 Å². The van der Waals surface area contributed by atoms with Gasteiger partial charge in [-0.05, 0) is 43.7 Å². The van der Waals surface area contributed by atoms with Crippen LogP contribution >= 0.6 is 0 Å². The Morgan fingerprint density at radius 1 is 1.30 bits per heavy atom. The summed E-state index contributed by atoms with van der Waals surface area (Å²) < 4.78 is 10.3. The van der Waals surface area contributed by atoms with E-state index in [1.165, 1.54) is 6.26 Å². The van der Waals surface area contributed by atoms with E-state index < -0.39 is 23.4 Å². The van der Waals surface area contributed by atoms with Gasteiger partial charge in [-0.25, -0.2) is 4.79 Å². The molecule has 3 rings (SSSR count). The van der Waals surface area contributed by atoms with E-state index in [0.29, 0.717) is 17.1 Å². The SMILES string of the molecule is COc1ccc([C@]2(C)NC(=O)N(CC(=O)N[C@H](C)c3ccco3)C2=O)cc1. The molecule has 0 bridgehead atoms. The van der Waals surface area contributed by atoms with Gasteiger partial charge in [-0.2, -0.15) is 0 Å². The predicted molar refractivity (Wildman–Crippen MR) is 95.9 cm³/mol. The van der Waals surface area contributed by atoms with E-state index in [0.717, 1.165) is 4.90 Å². The molecule has 2 atom stereocenters. The molecule has 0 aliphatic carbocycles. The van der Waals surface area contributed by atoms with Crippen molar-refractivity contribution in [2.45, 2.75) is 25.4 Å². The third-order valence-electron chi connectivity index (χ3n) is 4.59. The lowest BCUT2D eigenvalue weighted by Crippen LogP contribution is -2.43. The molecule has 1 aromatic heterocycles. The van der Waals surface area contributed by atoms with Gasteiger partial charge < -0.3 is 19.8 Å². The summed E-state index contributed by atoms with van der Waals surface area (Å²) >= 11 is 0. The molecule has 2 aromatic rings. The highest BCUT2D eigenvalue weighted by molar-refractivity contribution is 6.09. The smallest absolute Gasteiger partial charge is 0.325 e. The van der Waals surface area contributed by atoms with Crippen LogP contribution in [0, 0.1) is 0 Å². The van der Waals surface area contributed by atoms with Crippen molar-refractivity contribution in [1.82, 2.24) is 15.5 Å². The number of nitrogens with zero attached hydrogens (tertiary/aromatic N) is 1. The number of urea groups is 1. The molecule has 1 aliphatic rings. The van der Waals surface area contributed by atoms with Crippen LogP contribution in [-0.2, 0) is 15.1 Å². The quantitative estimate of drug-likeness (QED) is 0.756. The van der Waals surface area contributed by atoms with E-state index in [-0.39, 0.29) is 12.6 Å². The van der Waals surface area contributed by atoms with Crippen molar-refractivity contribution >= 4 is 17.8 Å². The monoisotopic (exact) mass is 371 g/mol. The van der Waals surface area contributed by atoms with Gasteiger partial charge >= 0.3 is 6.03 Å². The Morgan fingerprint density at radius 3 is 2.59 bits per heavy atom. The maximum Gasteiger partial charge on any atom is 0.325 e. The molecule has 142 valence electrons. The predicted octanol–water partition coefficient (Wildman–Crippen LogP) is 1.93.